The van der Waals surface area contributed by atoms with E-state index in [0.717, 1.165) is 0 Å². The van der Waals surface area contributed by atoms with Gasteiger partial charge >= 0.3 is 12.0 Å². The SMILES string of the molecule is CCC(C)C(NC(=O)NCCc1ccccc1F)C(=O)O. The van der Waals surface area contributed by atoms with E-state index in [1.165, 1.54) is 6.07 Å². The fraction of sp³-hybridized carbons (Fsp3) is 0.467. The summed E-state index contributed by atoms with van der Waals surface area (Å²) in [6.07, 6.45) is 0.994. The molecule has 0 aliphatic carbocycles. The quantitative estimate of drug-likeness (QED) is 0.721. The third-order valence-electron chi connectivity index (χ3n) is 3.40. The van der Waals surface area contributed by atoms with Crippen LogP contribution in [0.15, 0.2) is 24.3 Å². The number of aliphatic carboxylic acids is 1. The van der Waals surface area contributed by atoms with Crippen molar-refractivity contribution in [3.63, 3.8) is 0 Å². The van der Waals surface area contributed by atoms with Crippen LogP contribution in [0.2, 0.25) is 0 Å². The van der Waals surface area contributed by atoms with Crippen molar-refractivity contribution in [3.05, 3.63) is 35.6 Å². The number of rotatable bonds is 7. The van der Waals surface area contributed by atoms with Gasteiger partial charge in [-0.25, -0.2) is 14.0 Å². The van der Waals surface area contributed by atoms with Gasteiger partial charge in [0, 0.05) is 6.54 Å². The molecule has 2 atom stereocenters. The van der Waals surface area contributed by atoms with Crippen LogP contribution in [-0.2, 0) is 11.2 Å². The summed E-state index contributed by atoms with van der Waals surface area (Å²) < 4.78 is 13.4. The monoisotopic (exact) mass is 296 g/mol. The van der Waals surface area contributed by atoms with Gasteiger partial charge in [0.1, 0.15) is 11.9 Å². The molecule has 5 nitrogen and oxygen atoms in total. The Morgan fingerprint density at radius 3 is 2.57 bits per heavy atom. The molecule has 1 aromatic carbocycles. The average molecular weight is 296 g/mol. The van der Waals surface area contributed by atoms with Gasteiger partial charge in [-0.15, -0.1) is 0 Å². The standard InChI is InChI=1S/C15H21FN2O3/c1-3-10(2)13(14(19)20)18-15(21)17-9-8-11-6-4-5-7-12(11)16/h4-7,10,13H,3,8-9H2,1-2H3,(H,19,20)(H2,17,18,21). The predicted molar refractivity (Wildman–Crippen MR) is 77.5 cm³/mol. The zero-order chi connectivity index (χ0) is 15.8. The number of hydrogen-bond acceptors (Lipinski definition) is 2. The highest BCUT2D eigenvalue weighted by Crippen LogP contribution is 2.08. The van der Waals surface area contributed by atoms with Crippen molar-refractivity contribution in [2.24, 2.45) is 5.92 Å². The molecule has 21 heavy (non-hydrogen) atoms. The highest BCUT2D eigenvalue weighted by molar-refractivity contribution is 5.82. The molecule has 0 spiro atoms. The molecule has 1 rings (SSSR count). The van der Waals surface area contributed by atoms with Crippen molar-refractivity contribution in [3.8, 4) is 0 Å². The van der Waals surface area contributed by atoms with Gasteiger partial charge in [0.05, 0.1) is 0 Å². The smallest absolute Gasteiger partial charge is 0.326 e. The van der Waals surface area contributed by atoms with Crippen molar-refractivity contribution in [2.45, 2.75) is 32.7 Å². The maximum absolute atomic E-state index is 13.4. The van der Waals surface area contributed by atoms with E-state index in [2.05, 4.69) is 10.6 Å². The van der Waals surface area contributed by atoms with Gasteiger partial charge in [-0.1, -0.05) is 38.5 Å². The van der Waals surface area contributed by atoms with E-state index in [9.17, 15) is 14.0 Å². The van der Waals surface area contributed by atoms with Gasteiger partial charge in [0.25, 0.3) is 0 Å². The number of benzene rings is 1. The van der Waals surface area contributed by atoms with Crippen molar-refractivity contribution in [2.75, 3.05) is 6.54 Å². The fourth-order valence-electron chi connectivity index (χ4n) is 1.89. The summed E-state index contributed by atoms with van der Waals surface area (Å²) in [5.74, 6) is -1.55. The molecule has 6 heteroatoms. The number of nitrogens with one attached hydrogen (secondary N) is 2. The summed E-state index contributed by atoms with van der Waals surface area (Å²) >= 11 is 0. The first-order valence-corrected chi connectivity index (χ1v) is 6.96. The molecular weight excluding hydrogens is 275 g/mol. The topological polar surface area (TPSA) is 78.4 Å². The fourth-order valence-corrected chi connectivity index (χ4v) is 1.89. The minimum atomic E-state index is -1.06. The van der Waals surface area contributed by atoms with Crippen molar-refractivity contribution >= 4 is 12.0 Å². The molecular formula is C15H21FN2O3. The van der Waals surface area contributed by atoms with E-state index >= 15 is 0 Å². The third-order valence-corrected chi connectivity index (χ3v) is 3.40. The van der Waals surface area contributed by atoms with Crippen LogP contribution in [0.25, 0.3) is 0 Å². The second-order valence-corrected chi connectivity index (χ2v) is 4.94. The highest BCUT2D eigenvalue weighted by atomic mass is 19.1. The summed E-state index contributed by atoms with van der Waals surface area (Å²) in [5.41, 5.74) is 0.509. The van der Waals surface area contributed by atoms with Crippen LogP contribution < -0.4 is 10.6 Å². The minimum absolute atomic E-state index is 0.167. The largest absolute Gasteiger partial charge is 0.480 e. The lowest BCUT2D eigenvalue weighted by molar-refractivity contribution is -0.140. The van der Waals surface area contributed by atoms with Gasteiger partial charge in [0.15, 0.2) is 0 Å². The summed E-state index contributed by atoms with van der Waals surface area (Å²) in [6, 6.07) is 4.85. The molecule has 2 unspecified atom stereocenters. The molecule has 116 valence electrons. The first-order chi connectivity index (χ1) is 9.95. The van der Waals surface area contributed by atoms with Gasteiger partial charge in [-0.05, 0) is 24.0 Å². The minimum Gasteiger partial charge on any atom is -0.480 e. The van der Waals surface area contributed by atoms with Crippen molar-refractivity contribution in [1.82, 2.24) is 10.6 Å². The third kappa shape index (κ3) is 5.41. The van der Waals surface area contributed by atoms with E-state index in [-0.39, 0.29) is 18.3 Å². The van der Waals surface area contributed by atoms with Crippen LogP contribution in [0.3, 0.4) is 0 Å². The lowest BCUT2D eigenvalue weighted by Crippen LogP contribution is -2.49. The maximum Gasteiger partial charge on any atom is 0.326 e. The molecule has 0 aliphatic heterocycles. The molecule has 0 saturated heterocycles. The molecule has 0 fully saturated rings. The van der Waals surface area contributed by atoms with Crippen LogP contribution in [0.5, 0.6) is 0 Å². The van der Waals surface area contributed by atoms with Crippen LogP contribution >= 0.6 is 0 Å². The number of carboxylic acids is 1. The van der Waals surface area contributed by atoms with Gasteiger partial charge in [0.2, 0.25) is 0 Å². The van der Waals surface area contributed by atoms with E-state index in [1.54, 1.807) is 25.1 Å². The Bertz CT molecular complexity index is 494. The Hall–Kier alpha value is -2.11. The summed E-state index contributed by atoms with van der Waals surface area (Å²) in [4.78, 5) is 22.8. The molecule has 1 aromatic rings. The van der Waals surface area contributed by atoms with E-state index in [0.29, 0.717) is 18.4 Å². The lowest BCUT2D eigenvalue weighted by atomic mass is 9.99. The zero-order valence-corrected chi connectivity index (χ0v) is 12.2. The van der Waals surface area contributed by atoms with Crippen molar-refractivity contribution in [1.29, 1.82) is 0 Å². The van der Waals surface area contributed by atoms with Crippen LogP contribution in [0.1, 0.15) is 25.8 Å². The second kappa shape index (κ2) is 8.24. The molecule has 3 N–H and O–H groups in total. The Morgan fingerprint density at radius 1 is 1.33 bits per heavy atom. The Labute approximate surface area is 123 Å². The van der Waals surface area contributed by atoms with E-state index < -0.39 is 18.0 Å². The number of carbonyl (C=O) groups is 2. The van der Waals surface area contributed by atoms with E-state index in [4.69, 9.17) is 5.11 Å². The normalized spacial score (nSPS) is 13.3. The zero-order valence-electron chi connectivity index (χ0n) is 12.2. The molecule has 0 heterocycles. The first-order valence-electron chi connectivity index (χ1n) is 6.96. The number of carbonyl (C=O) groups excluding carboxylic acids is 1. The van der Waals surface area contributed by atoms with Crippen LogP contribution in [-0.4, -0.2) is 29.7 Å². The summed E-state index contributed by atoms with van der Waals surface area (Å²) in [5, 5.41) is 14.0. The Kier molecular flexibility index (Phi) is 6.65. The van der Waals surface area contributed by atoms with Crippen LogP contribution in [0, 0.1) is 11.7 Å². The molecule has 0 aliphatic rings. The van der Waals surface area contributed by atoms with Gasteiger partial charge < -0.3 is 15.7 Å². The van der Waals surface area contributed by atoms with Crippen molar-refractivity contribution < 1.29 is 19.1 Å². The molecule has 0 bridgehead atoms. The number of amides is 2. The average Bonchev–Trinajstić information content (AvgIpc) is 2.45. The number of carboxylic acid groups (broad SMARTS) is 1. The molecule has 2 amide bonds. The molecule has 0 radical (unpaired) electrons. The first kappa shape index (κ1) is 16.9. The number of urea groups is 1. The summed E-state index contributed by atoms with van der Waals surface area (Å²) in [7, 11) is 0. The summed E-state index contributed by atoms with van der Waals surface area (Å²) in [6.45, 7) is 3.86. The maximum atomic E-state index is 13.4. The number of halogens is 1. The van der Waals surface area contributed by atoms with Gasteiger partial charge in [-0.3, -0.25) is 0 Å². The molecule has 0 aromatic heterocycles. The number of hydrogen-bond donors (Lipinski definition) is 3. The van der Waals surface area contributed by atoms with E-state index in [1.807, 2.05) is 6.92 Å². The lowest BCUT2D eigenvalue weighted by Gasteiger charge is -2.20. The predicted octanol–water partition coefficient (Wildman–Crippen LogP) is 2.17. The van der Waals surface area contributed by atoms with Crippen LogP contribution in [0.4, 0.5) is 9.18 Å². The highest BCUT2D eigenvalue weighted by Gasteiger charge is 2.24. The van der Waals surface area contributed by atoms with Gasteiger partial charge in [-0.2, -0.15) is 0 Å². The Morgan fingerprint density at radius 2 is 2.00 bits per heavy atom. The second-order valence-electron chi connectivity index (χ2n) is 4.94. The Balaban J connectivity index is 2.43. The molecule has 0 saturated carbocycles.